The maximum absolute atomic E-state index is 6.15. The van der Waals surface area contributed by atoms with Gasteiger partial charge in [-0.25, -0.2) is 0 Å². The maximum atomic E-state index is 6.15. The summed E-state index contributed by atoms with van der Waals surface area (Å²) in [4.78, 5) is 0. The first-order valence-corrected chi connectivity index (χ1v) is 6.21. The summed E-state index contributed by atoms with van der Waals surface area (Å²) in [6.07, 6.45) is 2.62. The van der Waals surface area contributed by atoms with Gasteiger partial charge >= 0.3 is 0 Å². The van der Waals surface area contributed by atoms with E-state index in [0.717, 1.165) is 28.0 Å². The Morgan fingerprint density at radius 2 is 2.12 bits per heavy atom. The van der Waals surface area contributed by atoms with E-state index in [2.05, 4.69) is 26.1 Å². The van der Waals surface area contributed by atoms with Gasteiger partial charge in [0.2, 0.25) is 0 Å². The molecule has 17 heavy (non-hydrogen) atoms. The lowest BCUT2D eigenvalue weighted by atomic mass is 10.1. The first kappa shape index (κ1) is 12.3. The van der Waals surface area contributed by atoms with Crippen molar-refractivity contribution in [3.05, 3.63) is 33.8 Å². The fourth-order valence-corrected chi connectivity index (χ4v) is 2.34. The number of hydrogen-bond donors (Lipinski definition) is 1. The van der Waals surface area contributed by atoms with Gasteiger partial charge < -0.3 is 5.73 Å². The molecule has 0 saturated carbocycles. The zero-order valence-corrected chi connectivity index (χ0v) is 11.8. The van der Waals surface area contributed by atoms with Gasteiger partial charge in [-0.05, 0) is 28.9 Å². The zero-order chi connectivity index (χ0) is 12.6. The molecule has 2 rings (SSSR count). The van der Waals surface area contributed by atoms with Gasteiger partial charge in [0.15, 0.2) is 0 Å². The second kappa shape index (κ2) is 4.62. The van der Waals surface area contributed by atoms with E-state index in [-0.39, 0.29) is 6.04 Å². The molecule has 0 amide bonds. The molecule has 0 fully saturated rings. The highest BCUT2D eigenvalue weighted by Crippen LogP contribution is 2.24. The SMILES string of the molecule is Cc1nn(C)c(CC(N)c2ccn(C)n2)c1Br. The van der Waals surface area contributed by atoms with Crippen LogP contribution in [-0.4, -0.2) is 19.6 Å². The Kier molecular flexibility index (Phi) is 3.35. The van der Waals surface area contributed by atoms with Crippen molar-refractivity contribution in [2.45, 2.75) is 19.4 Å². The second-order valence-electron chi connectivity index (χ2n) is 4.19. The Balaban J connectivity index is 2.21. The second-order valence-corrected chi connectivity index (χ2v) is 4.99. The van der Waals surface area contributed by atoms with E-state index in [0.29, 0.717) is 0 Å². The molecule has 0 spiro atoms. The van der Waals surface area contributed by atoms with Crippen molar-refractivity contribution in [2.75, 3.05) is 0 Å². The molecule has 92 valence electrons. The highest BCUT2D eigenvalue weighted by atomic mass is 79.9. The molecule has 1 unspecified atom stereocenters. The highest BCUT2D eigenvalue weighted by Gasteiger charge is 2.16. The molecular weight excluding hydrogens is 282 g/mol. The molecule has 0 saturated heterocycles. The van der Waals surface area contributed by atoms with Crippen molar-refractivity contribution in [3.63, 3.8) is 0 Å². The van der Waals surface area contributed by atoms with Gasteiger partial charge in [0.1, 0.15) is 0 Å². The third kappa shape index (κ3) is 2.42. The van der Waals surface area contributed by atoms with Crippen molar-refractivity contribution < 1.29 is 0 Å². The molecule has 0 aliphatic rings. The van der Waals surface area contributed by atoms with Gasteiger partial charge in [-0.2, -0.15) is 10.2 Å². The lowest BCUT2D eigenvalue weighted by molar-refractivity contribution is 0.613. The highest BCUT2D eigenvalue weighted by molar-refractivity contribution is 9.10. The number of nitrogens with zero attached hydrogens (tertiary/aromatic N) is 4. The van der Waals surface area contributed by atoms with Crippen LogP contribution in [0, 0.1) is 6.92 Å². The molecule has 2 aromatic rings. The number of halogens is 1. The van der Waals surface area contributed by atoms with Crippen molar-refractivity contribution in [3.8, 4) is 0 Å². The smallest absolute Gasteiger partial charge is 0.0795 e. The van der Waals surface area contributed by atoms with Crippen molar-refractivity contribution >= 4 is 15.9 Å². The van der Waals surface area contributed by atoms with Crippen LogP contribution < -0.4 is 5.73 Å². The van der Waals surface area contributed by atoms with Gasteiger partial charge in [0.05, 0.1) is 27.6 Å². The first-order valence-electron chi connectivity index (χ1n) is 5.42. The minimum Gasteiger partial charge on any atom is -0.322 e. The van der Waals surface area contributed by atoms with E-state index >= 15 is 0 Å². The van der Waals surface area contributed by atoms with Crippen molar-refractivity contribution in [1.29, 1.82) is 0 Å². The molecule has 5 nitrogen and oxygen atoms in total. The predicted octanol–water partition coefficient (Wildman–Crippen LogP) is 1.47. The zero-order valence-electron chi connectivity index (χ0n) is 10.2. The summed E-state index contributed by atoms with van der Waals surface area (Å²) in [5, 5.41) is 8.67. The molecule has 0 radical (unpaired) electrons. The summed E-state index contributed by atoms with van der Waals surface area (Å²) in [7, 11) is 3.82. The normalized spacial score (nSPS) is 13.0. The summed E-state index contributed by atoms with van der Waals surface area (Å²) in [6.45, 7) is 1.97. The maximum Gasteiger partial charge on any atom is 0.0795 e. The Morgan fingerprint density at radius 3 is 2.59 bits per heavy atom. The summed E-state index contributed by atoms with van der Waals surface area (Å²) in [6, 6.07) is 1.84. The van der Waals surface area contributed by atoms with Gasteiger partial charge in [0, 0.05) is 26.7 Å². The number of aromatic nitrogens is 4. The minimum absolute atomic E-state index is 0.109. The third-order valence-corrected chi connectivity index (χ3v) is 3.82. The summed E-state index contributed by atoms with van der Waals surface area (Å²) < 4.78 is 4.66. The van der Waals surface area contributed by atoms with Gasteiger partial charge in [0.25, 0.3) is 0 Å². The van der Waals surface area contributed by atoms with E-state index < -0.39 is 0 Å². The molecule has 2 N–H and O–H groups in total. The first-order chi connectivity index (χ1) is 7.99. The van der Waals surface area contributed by atoms with E-state index in [1.54, 1.807) is 4.68 Å². The number of hydrogen-bond acceptors (Lipinski definition) is 3. The third-order valence-electron chi connectivity index (χ3n) is 2.79. The average Bonchev–Trinajstić information content (AvgIpc) is 2.79. The predicted molar refractivity (Wildman–Crippen MR) is 69.5 cm³/mol. The topological polar surface area (TPSA) is 61.7 Å². The molecule has 0 aliphatic heterocycles. The molecule has 0 aliphatic carbocycles. The van der Waals surface area contributed by atoms with E-state index in [1.807, 2.05) is 38.0 Å². The Hall–Kier alpha value is -1.14. The largest absolute Gasteiger partial charge is 0.322 e. The van der Waals surface area contributed by atoms with Crippen molar-refractivity contribution in [1.82, 2.24) is 19.6 Å². The van der Waals surface area contributed by atoms with Crippen molar-refractivity contribution in [2.24, 2.45) is 19.8 Å². The molecule has 6 heteroatoms. The van der Waals surface area contributed by atoms with Crippen LogP contribution in [0.3, 0.4) is 0 Å². The Bertz CT molecular complexity index is 528. The Labute approximate surface area is 109 Å². The standard InChI is InChI=1S/C11H16BrN5/c1-7-11(12)10(17(3)14-7)6-8(13)9-4-5-16(2)15-9/h4-5,8H,6,13H2,1-3H3. The van der Waals surface area contributed by atoms with Crippen LogP contribution in [0.25, 0.3) is 0 Å². The van der Waals surface area contributed by atoms with Crippen LogP contribution in [0.1, 0.15) is 23.1 Å². The molecule has 1 atom stereocenters. The van der Waals surface area contributed by atoms with Crippen LogP contribution in [0.5, 0.6) is 0 Å². The van der Waals surface area contributed by atoms with E-state index in [9.17, 15) is 0 Å². The van der Waals surface area contributed by atoms with Crippen LogP contribution in [0.15, 0.2) is 16.7 Å². The fraction of sp³-hybridized carbons (Fsp3) is 0.455. The van der Waals surface area contributed by atoms with E-state index in [4.69, 9.17) is 5.73 Å². The molecular formula is C11H16BrN5. The molecule has 2 heterocycles. The Morgan fingerprint density at radius 1 is 1.41 bits per heavy atom. The number of rotatable bonds is 3. The number of nitrogens with two attached hydrogens (primary N) is 1. The molecule has 0 aromatic carbocycles. The van der Waals surface area contributed by atoms with Crippen LogP contribution in [-0.2, 0) is 20.5 Å². The quantitative estimate of drug-likeness (QED) is 0.933. The van der Waals surface area contributed by atoms with Crippen LogP contribution in [0.4, 0.5) is 0 Å². The minimum atomic E-state index is -0.109. The van der Waals surface area contributed by atoms with Crippen LogP contribution in [0.2, 0.25) is 0 Å². The molecule has 2 aromatic heterocycles. The summed E-state index contributed by atoms with van der Waals surface area (Å²) in [5.74, 6) is 0. The average molecular weight is 298 g/mol. The van der Waals surface area contributed by atoms with Gasteiger partial charge in [-0.15, -0.1) is 0 Å². The number of aryl methyl sites for hydroxylation is 3. The lowest BCUT2D eigenvalue weighted by Gasteiger charge is -2.09. The fourth-order valence-electron chi connectivity index (χ4n) is 1.85. The monoisotopic (exact) mass is 297 g/mol. The lowest BCUT2D eigenvalue weighted by Crippen LogP contribution is -2.16. The summed E-state index contributed by atoms with van der Waals surface area (Å²) in [5.41, 5.74) is 9.13. The van der Waals surface area contributed by atoms with Gasteiger partial charge in [-0.1, -0.05) is 0 Å². The van der Waals surface area contributed by atoms with Crippen LogP contribution >= 0.6 is 15.9 Å². The van der Waals surface area contributed by atoms with Gasteiger partial charge in [-0.3, -0.25) is 9.36 Å². The van der Waals surface area contributed by atoms with E-state index in [1.165, 1.54) is 0 Å². The molecule has 0 bridgehead atoms. The summed E-state index contributed by atoms with van der Waals surface area (Å²) >= 11 is 3.54.